The van der Waals surface area contributed by atoms with E-state index in [0.717, 1.165) is 36.0 Å². The highest BCUT2D eigenvalue weighted by Crippen LogP contribution is 2.24. The van der Waals surface area contributed by atoms with Crippen LogP contribution in [0, 0.1) is 10.8 Å². The van der Waals surface area contributed by atoms with Gasteiger partial charge >= 0.3 is 0 Å². The van der Waals surface area contributed by atoms with Crippen molar-refractivity contribution in [1.29, 1.82) is 10.8 Å². The first kappa shape index (κ1) is 18.1. The Labute approximate surface area is 158 Å². The molecule has 0 saturated carbocycles. The van der Waals surface area contributed by atoms with Crippen LogP contribution in [-0.4, -0.2) is 46.3 Å². The molecule has 1 aliphatic rings. The molecule has 1 aromatic carbocycles. The normalized spacial score (nSPS) is 15.1. The van der Waals surface area contributed by atoms with Gasteiger partial charge in [0, 0.05) is 68.4 Å². The molecule has 1 aromatic heterocycles. The second-order valence-corrected chi connectivity index (χ2v) is 7.28. The lowest BCUT2D eigenvalue weighted by atomic mass is 9.99. The van der Waals surface area contributed by atoms with Gasteiger partial charge in [-0.1, -0.05) is 6.07 Å². The number of nitrogens with zero attached hydrogens (tertiary/aromatic N) is 3. The first-order valence-corrected chi connectivity index (χ1v) is 9.49. The fourth-order valence-corrected chi connectivity index (χ4v) is 3.85. The number of thioether (sulfide) groups is 1. The van der Waals surface area contributed by atoms with Gasteiger partial charge in [-0.05, 0) is 17.7 Å². The highest BCUT2D eigenvalue weighted by molar-refractivity contribution is 7.99. The minimum Gasteiger partial charge on any atom is -0.404 e. The number of allylic oxidation sites excluding steroid dienone is 1. The molecule has 26 heavy (non-hydrogen) atoms. The SMILES string of the molecule is Cn1nc(N2CCSCC2)cc1C(=N)c1cc(/C(C=N)=C/N)ccc1N.[HH]. The summed E-state index contributed by atoms with van der Waals surface area (Å²) in [6.45, 7) is 1.94. The van der Waals surface area contributed by atoms with Crippen LogP contribution in [0.3, 0.4) is 0 Å². The third-order valence-electron chi connectivity index (χ3n) is 4.45. The second-order valence-electron chi connectivity index (χ2n) is 6.05. The average molecular weight is 372 g/mol. The molecular formula is C18H25N7S. The predicted octanol–water partition coefficient (Wildman–Crippen LogP) is 2.17. The topological polar surface area (TPSA) is 121 Å². The van der Waals surface area contributed by atoms with Crippen molar-refractivity contribution in [3.8, 4) is 0 Å². The Morgan fingerprint density at radius 1 is 1.31 bits per heavy atom. The molecule has 6 N–H and O–H groups in total. The van der Waals surface area contributed by atoms with E-state index in [-0.39, 0.29) is 1.43 Å². The van der Waals surface area contributed by atoms with Crippen LogP contribution in [0.5, 0.6) is 0 Å². The van der Waals surface area contributed by atoms with Crippen LogP contribution in [-0.2, 0) is 7.05 Å². The fraction of sp³-hybridized carbons (Fsp3) is 0.278. The molecule has 0 spiro atoms. The third kappa shape index (κ3) is 3.45. The summed E-state index contributed by atoms with van der Waals surface area (Å²) in [6, 6.07) is 7.29. The van der Waals surface area contributed by atoms with E-state index in [4.69, 9.17) is 22.3 Å². The Bertz CT molecular complexity index is 869. The van der Waals surface area contributed by atoms with Gasteiger partial charge in [0.25, 0.3) is 0 Å². The molecule has 0 atom stereocenters. The Kier molecular flexibility index (Phi) is 5.32. The maximum atomic E-state index is 8.66. The molecule has 0 radical (unpaired) electrons. The zero-order valence-electron chi connectivity index (χ0n) is 14.7. The highest BCUT2D eigenvalue weighted by Gasteiger charge is 2.19. The van der Waals surface area contributed by atoms with E-state index in [1.165, 1.54) is 12.4 Å². The zero-order valence-corrected chi connectivity index (χ0v) is 15.5. The molecule has 0 bridgehead atoms. The monoisotopic (exact) mass is 371 g/mol. The van der Waals surface area contributed by atoms with Gasteiger partial charge in [-0.15, -0.1) is 0 Å². The van der Waals surface area contributed by atoms with Gasteiger partial charge in [0.15, 0.2) is 5.82 Å². The van der Waals surface area contributed by atoms with Crippen molar-refractivity contribution in [3.63, 3.8) is 0 Å². The summed E-state index contributed by atoms with van der Waals surface area (Å²) in [5.41, 5.74) is 15.2. The van der Waals surface area contributed by atoms with Crippen molar-refractivity contribution in [1.82, 2.24) is 9.78 Å². The molecule has 0 unspecified atom stereocenters. The number of hydrogen-bond donors (Lipinski definition) is 4. The minimum absolute atomic E-state index is 0. The van der Waals surface area contributed by atoms with E-state index in [1.807, 2.05) is 24.9 Å². The quantitative estimate of drug-likeness (QED) is 0.474. The van der Waals surface area contributed by atoms with Crippen molar-refractivity contribution >= 4 is 40.8 Å². The molecule has 8 heteroatoms. The van der Waals surface area contributed by atoms with Crippen LogP contribution in [0.4, 0.5) is 11.5 Å². The van der Waals surface area contributed by atoms with Crippen molar-refractivity contribution in [2.24, 2.45) is 12.8 Å². The summed E-state index contributed by atoms with van der Waals surface area (Å²) >= 11 is 1.95. The first-order valence-electron chi connectivity index (χ1n) is 8.33. The summed E-state index contributed by atoms with van der Waals surface area (Å²) in [5, 5.41) is 20.7. The van der Waals surface area contributed by atoms with Crippen LogP contribution in [0.25, 0.3) is 5.57 Å². The van der Waals surface area contributed by atoms with E-state index in [2.05, 4.69) is 10.00 Å². The van der Waals surface area contributed by atoms with Crippen molar-refractivity contribution in [3.05, 3.63) is 47.3 Å². The summed E-state index contributed by atoms with van der Waals surface area (Å²) in [7, 11) is 1.84. The molecule has 2 aromatic rings. The predicted molar refractivity (Wildman–Crippen MR) is 113 cm³/mol. The number of nitrogens with two attached hydrogens (primary N) is 2. The van der Waals surface area contributed by atoms with Gasteiger partial charge in [0.1, 0.15) is 0 Å². The van der Waals surface area contributed by atoms with E-state index < -0.39 is 0 Å². The van der Waals surface area contributed by atoms with Crippen LogP contribution in [0.1, 0.15) is 18.2 Å². The number of nitrogen functional groups attached to an aromatic ring is 1. The van der Waals surface area contributed by atoms with E-state index in [9.17, 15) is 0 Å². The standard InChI is InChI=1S/C18H23N7S.H2/c1-24-16(9-17(23-24)25-4-6-26-7-5-25)18(22)14-8-12(2-3-15(14)21)13(10-19)11-20;/h2-3,8-11,19,22H,4-7,20-21H2,1H3;1H/b13-11+,19-10?,22-18?;. The molecule has 0 aliphatic carbocycles. The Balaban J connectivity index is 0.00000261. The van der Waals surface area contributed by atoms with Crippen molar-refractivity contribution in [2.75, 3.05) is 35.2 Å². The number of aryl methyl sites for hydroxylation is 1. The van der Waals surface area contributed by atoms with Crippen molar-refractivity contribution in [2.45, 2.75) is 0 Å². The van der Waals surface area contributed by atoms with E-state index >= 15 is 0 Å². The number of hydrogen-bond acceptors (Lipinski definition) is 7. The lowest BCUT2D eigenvalue weighted by molar-refractivity contribution is 0.737. The summed E-state index contributed by atoms with van der Waals surface area (Å²) in [5.74, 6) is 3.08. The third-order valence-corrected chi connectivity index (χ3v) is 5.39. The van der Waals surface area contributed by atoms with Gasteiger partial charge in [0.05, 0.1) is 11.4 Å². The zero-order chi connectivity index (χ0) is 18.7. The maximum absolute atomic E-state index is 8.66. The molecule has 0 amide bonds. The average Bonchev–Trinajstić information content (AvgIpc) is 3.06. The van der Waals surface area contributed by atoms with Crippen LogP contribution in [0.2, 0.25) is 0 Å². The van der Waals surface area contributed by atoms with Crippen LogP contribution in [0.15, 0.2) is 30.5 Å². The molecule has 1 saturated heterocycles. The Morgan fingerprint density at radius 2 is 2.04 bits per heavy atom. The molecule has 1 fully saturated rings. The van der Waals surface area contributed by atoms with Crippen LogP contribution < -0.4 is 16.4 Å². The first-order chi connectivity index (χ1) is 12.5. The number of nitrogens with one attached hydrogen (secondary N) is 2. The van der Waals surface area contributed by atoms with Gasteiger partial charge in [-0.3, -0.25) is 10.1 Å². The molecule has 2 heterocycles. The van der Waals surface area contributed by atoms with Crippen LogP contribution >= 0.6 is 11.8 Å². The number of rotatable bonds is 5. The summed E-state index contributed by atoms with van der Waals surface area (Å²) in [4.78, 5) is 2.25. The molecule has 3 rings (SSSR count). The summed E-state index contributed by atoms with van der Waals surface area (Å²) in [6.07, 6.45) is 2.57. The van der Waals surface area contributed by atoms with Gasteiger partial charge in [0.2, 0.25) is 0 Å². The lowest BCUT2D eigenvalue weighted by Gasteiger charge is -2.25. The summed E-state index contributed by atoms with van der Waals surface area (Å²) < 4.78 is 1.72. The number of benzene rings is 1. The minimum atomic E-state index is 0. The smallest absolute Gasteiger partial charge is 0.151 e. The highest BCUT2D eigenvalue weighted by atomic mass is 32.2. The van der Waals surface area contributed by atoms with Crippen molar-refractivity contribution < 1.29 is 1.43 Å². The maximum Gasteiger partial charge on any atom is 0.151 e. The Morgan fingerprint density at radius 3 is 2.69 bits per heavy atom. The second kappa shape index (κ2) is 7.65. The fourth-order valence-electron chi connectivity index (χ4n) is 2.95. The van der Waals surface area contributed by atoms with Gasteiger partial charge in [-0.2, -0.15) is 16.9 Å². The molecule has 1 aliphatic heterocycles. The lowest BCUT2D eigenvalue weighted by Crippen LogP contribution is -2.32. The molecular weight excluding hydrogens is 346 g/mol. The number of anilines is 2. The Hall–Kier alpha value is -2.74. The molecule has 7 nitrogen and oxygen atoms in total. The van der Waals surface area contributed by atoms with E-state index in [1.54, 1.807) is 22.9 Å². The van der Waals surface area contributed by atoms with Gasteiger partial charge in [-0.25, -0.2) is 0 Å². The largest absolute Gasteiger partial charge is 0.404 e. The van der Waals surface area contributed by atoms with Gasteiger partial charge < -0.3 is 21.8 Å². The molecule has 138 valence electrons. The number of aromatic nitrogens is 2. The van der Waals surface area contributed by atoms with E-state index in [0.29, 0.717) is 28.2 Å².